The van der Waals surface area contributed by atoms with Crippen LogP contribution in [0.15, 0.2) is 18.2 Å². The van der Waals surface area contributed by atoms with Gasteiger partial charge in [0.2, 0.25) is 0 Å². The van der Waals surface area contributed by atoms with Crippen molar-refractivity contribution in [3.05, 3.63) is 29.6 Å². The van der Waals surface area contributed by atoms with Crippen molar-refractivity contribution in [1.82, 2.24) is 5.32 Å². The van der Waals surface area contributed by atoms with Crippen LogP contribution >= 0.6 is 0 Å². The number of nitrogen functional groups attached to an aromatic ring is 1. The highest BCUT2D eigenvalue weighted by Crippen LogP contribution is 2.12. The number of anilines is 1. The lowest BCUT2D eigenvalue weighted by Gasteiger charge is -2.20. The van der Waals surface area contributed by atoms with Crippen LogP contribution in [0.5, 0.6) is 0 Å². The van der Waals surface area contributed by atoms with Crippen LogP contribution < -0.4 is 11.1 Å². The molecule has 0 spiro atoms. The molecule has 0 aromatic heterocycles. The van der Waals surface area contributed by atoms with Crippen LogP contribution in [-0.4, -0.2) is 11.4 Å². The van der Waals surface area contributed by atoms with E-state index in [-0.39, 0.29) is 22.7 Å². The molecular weight excluding hydrogens is 195 g/mol. The van der Waals surface area contributed by atoms with E-state index in [0.29, 0.717) is 0 Å². The summed E-state index contributed by atoms with van der Waals surface area (Å²) in [5.41, 5.74) is 5.57. The monoisotopic (exact) mass is 210 g/mol. The van der Waals surface area contributed by atoms with Crippen LogP contribution in [0.4, 0.5) is 10.1 Å². The first-order chi connectivity index (χ1) is 6.78. The average Bonchev–Trinajstić information content (AvgIpc) is 1.98. The van der Waals surface area contributed by atoms with Crippen LogP contribution in [0.25, 0.3) is 0 Å². The van der Waals surface area contributed by atoms with Gasteiger partial charge in [0, 0.05) is 16.8 Å². The maximum absolute atomic E-state index is 13.0. The van der Waals surface area contributed by atoms with Gasteiger partial charge in [-0.2, -0.15) is 0 Å². The molecule has 0 atom stereocenters. The fraction of sp³-hybridized carbons (Fsp3) is 0.364. The van der Waals surface area contributed by atoms with Crippen molar-refractivity contribution in [1.29, 1.82) is 0 Å². The van der Waals surface area contributed by atoms with E-state index in [1.54, 1.807) is 0 Å². The first-order valence-electron chi connectivity index (χ1n) is 4.66. The number of amides is 1. The second kappa shape index (κ2) is 3.88. The van der Waals surface area contributed by atoms with Crippen LogP contribution in [0.3, 0.4) is 0 Å². The van der Waals surface area contributed by atoms with Crippen molar-refractivity contribution < 1.29 is 9.18 Å². The maximum atomic E-state index is 13.0. The second-order valence-electron chi connectivity index (χ2n) is 4.48. The van der Waals surface area contributed by atoms with E-state index in [9.17, 15) is 9.18 Å². The lowest BCUT2D eigenvalue weighted by Crippen LogP contribution is -2.40. The average molecular weight is 210 g/mol. The van der Waals surface area contributed by atoms with E-state index in [1.165, 1.54) is 12.1 Å². The van der Waals surface area contributed by atoms with Gasteiger partial charge in [0.15, 0.2) is 0 Å². The molecular formula is C11H15FN2O. The highest BCUT2D eigenvalue weighted by Gasteiger charge is 2.15. The van der Waals surface area contributed by atoms with Gasteiger partial charge >= 0.3 is 0 Å². The molecule has 1 rings (SSSR count). The molecule has 1 aromatic rings. The van der Waals surface area contributed by atoms with E-state index in [0.717, 1.165) is 6.07 Å². The Morgan fingerprint density at radius 3 is 2.40 bits per heavy atom. The van der Waals surface area contributed by atoms with Crippen LogP contribution in [0, 0.1) is 5.82 Å². The van der Waals surface area contributed by atoms with Crippen molar-refractivity contribution in [2.75, 3.05) is 5.73 Å². The molecule has 0 heterocycles. The van der Waals surface area contributed by atoms with Gasteiger partial charge in [-0.1, -0.05) is 0 Å². The third-order valence-corrected chi connectivity index (χ3v) is 1.67. The first kappa shape index (κ1) is 11.5. The van der Waals surface area contributed by atoms with Crippen molar-refractivity contribution >= 4 is 11.6 Å². The molecule has 3 N–H and O–H groups in total. The number of carbonyl (C=O) groups is 1. The standard InChI is InChI=1S/C11H15FN2O/c1-11(2,3)14-10(15)7-4-8(12)6-9(13)5-7/h4-6H,13H2,1-3H3,(H,14,15). The van der Waals surface area contributed by atoms with Crippen molar-refractivity contribution in [2.45, 2.75) is 26.3 Å². The highest BCUT2D eigenvalue weighted by molar-refractivity contribution is 5.95. The minimum Gasteiger partial charge on any atom is -0.399 e. The summed E-state index contributed by atoms with van der Waals surface area (Å²) in [6, 6.07) is 3.79. The Bertz CT molecular complexity index is 362. The van der Waals surface area contributed by atoms with Crippen molar-refractivity contribution in [3.63, 3.8) is 0 Å². The predicted molar refractivity (Wildman–Crippen MR) is 58.0 cm³/mol. The fourth-order valence-corrected chi connectivity index (χ4v) is 1.16. The normalized spacial score (nSPS) is 11.2. The molecule has 0 fully saturated rings. The maximum Gasteiger partial charge on any atom is 0.251 e. The smallest absolute Gasteiger partial charge is 0.251 e. The van der Waals surface area contributed by atoms with Gasteiger partial charge in [-0.25, -0.2) is 4.39 Å². The molecule has 3 nitrogen and oxygen atoms in total. The molecule has 0 aliphatic heterocycles. The summed E-state index contributed by atoms with van der Waals surface area (Å²) < 4.78 is 13.0. The minimum atomic E-state index is -0.506. The summed E-state index contributed by atoms with van der Waals surface area (Å²) >= 11 is 0. The Labute approximate surface area is 88.5 Å². The predicted octanol–water partition coefficient (Wildman–Crippen LogP) is 1.94. The lowest BCUT2D eigenvalue weighted by molar-refractivity contribution is 0.0919. The van der Waals surface area contributed by atoms with Gasteiger partial charge in [-0.05, 0) is 39.0 Å². The molecule has 15 heavy (non-hydrogen) atoms. The Morgan fingerprint density at radius 1 is 1.33 bits per heavy atom. The number of nitrogens with two attached hydrogens (primary N) is 1. The molecule has 0 aliphatic carbocycles. The molecule has 0 radical (unpaired) electrons. The molecule has 82 valence electrons. The fourth-order valence-electron chi connectivity index (χ4n) is 1.16. The number of hydrogen-bond acceptors (Lipinski definition) is 2. The van der Waals surface area contributed by atoms with E-state index in [4.69, 9.17) is 5.73 Å². The van der Waals surface area contributed by atoms with Gasteiger partial charge in [-0.15, -0.1) is 0 Å². The third kappa shape index (κ3) is 3.58. The van der Waals surface area contributed by atoms with E-state index in [1.807, 2.05) is 20.8 Å². The Hall–Kier alpha value is -1.58. The van der Waals surface area contributed by atoms with Crippen molar-refractivity contribution in [3.8, 4) is 0 Å². The summed E-state index contributed by atoms with van der Waals surface area (Å²) in [6.07, 6.45) is 0. The van der Waals surface area contributed by atoms with Gasteiger partial charge in [0.25, 0.3) is 5.91 Å². The Morgan fingerprint density at radius 2 is 1.93 bits per heavy atom. The van der Waals surface area contributed by atoms with E-state index < -0.39 is 5.82 Å². The summed E-state index contributed by atoms with van der Waals surface area (Å²) in [6.45, 7) is 5.56. The molecule has 0 aliphatic rings. The van der Waals surface area contributed by atoms with Crippen LogP contribution in [0.1, 0.15) is 31.1 Å². The quantitative estimate of drug-likeness (QED) is 0.696. The van der Waals surface area contributed by atoms with Crippen LogP contribution in [0.2, 0.25) is 0 Å². The molecule has 1 aromatic carbocycles. The summed E-state index contributed by atoms with van der Waals surface area (Å²) in [5, 5.41) is 2.73. The zero-order valence-electron chi connectivity index (χ0n) is 9.10. The summed E-state index contributed by atoms with van der Waals surface area (Å²) in [4.78, 5) is 11.6. The largest absolute Gasteiger partial charge is 0.399 e. The number of benzene rings is 1. The van der Waals surface area contributed by atoms with Gasteiger partial charge in [0.1, 0.15) is 5.82 Å². The Balaban J connectivity index is 2.92. The SMILES string of the molecule is CC(C)(C)NC(=O)c1cc(N)cc(F)c1. The van der Waals surface area contributed by atoms with E-state index >= 15 is 0 Å². The zero-order valence-corrected chi connectivity index (χ0v) is 9.10. The van der Waals surface area contributed by atoms with Gasteiger partial charge < -0.3 is 11.1 Å². The lowest BCUT2D eigenvalue weighted by atomic mass is 10.1. The van der Waals surface area contributed by atoms with Gasteiger partial charge in [-0.3, -0.25) is 4.79 Å². The molecule has 0 saturated carbocycles. The minimum absolute atomic E-state index is 0.238. The molecule has 0 bridgehead atoms. The molecule has 4 heteroatoms. The summed E-state index contributed by atoms with van der Waals surface area (Å²) in [7, 11) is 0. The molecule has 1 amide bonds. The number of carbonyl (C=O) groups excluding carboxylic acids is 1. The number of hydrogen-bond donors (Lipinski definition) is 2. The van der Waals surface area contributed by atoms with Crippen LogP contribution in [-0.2, 0) is 0 Å². The third-order valence-electron chi connectivity index (χ3n) is 1.67. The topological polar surface area (TPSA) is 55.1 Å². The zero-order chi connectivity index (χ0) is 11.6. The molecule has 0 unspecified atom stereocenters. The number of rotatable bonds is 1. The number of nitrogens with one attached hydrogen (secondary N) is 1. The van der Waals surface area contributed by atoms with Gasteiger partial charge in [0.05, 0.1) is 0 Å². The first-order valence-corrected chi connectivity index (χ1v) is 4.66. The Kier molecular flexibility index (Phi) is 2.98. The van der Waals surface area contributed by atoms with Crippen molar-refractivity contribution in [2.24, 2.45) is 0 Å². The molecule has 0 saturated heterocycles. The number of halogens is 1. The highest BCUT2D eigenvalue weighted by atomic mass is 19.1. The summed E-state index contributed by atoms with van der Waals surface area (Å²) in [5.74, 6) is -0.831. The van der Waals surface area contributed by atoms with E-state index in [2.05, 4.69) is 5.32 Å². The second-order valence-corrected chi connectivity index (χ2v) is 4.48.